The van der Waals surface area contributed by atoms with Crippen LogP contribution in [-0.2, 0) is 6.42 Å². The maximum Gasteiger partial charge on any atom is 0.0346 e. The zero-order chi connectivity index (χ0) is 13.8. The summed E-state index contributed by atoms with van der Waals surface area (Å²) < 4.78 is 0. The summed E-state index contributed by atoms with van der Waals surface area (Å²) in [5, 5.41) is 3.38. The predicted molar refractivity (Wildman–Crippen MR) is 84.0 cm³/mol. The Hall–Kier alpha value is -0.900. The van der Waals surface area contributed by atoms with Crippen molar-refractivity contribution >= 4 is 0 Å². The third kappa shape index (κ3) is 3.40. The third-order valence-electron chi connectivity index (χ3n) is 4.94. The van der Waals surface area contributed by atoms with Crippen molar-refractivity contribution in [3.63, 3.8) is 0 Å². The maximum atomic E-state index is 3.38. The van der Waals surface area contributed by atoms with Gasteiger partial charge in [0, 0.05) is 51.4 Å². The van der Waals surface area contributed by atoms with E-state index in [9.17, 15) is 0 Å². The van der Waals surface area contributed by atoms with Crippen LogP contribution in [0.25, 0.3) is 0 Å². The van der Waals surface area contributed by atoms with Gasteiger partial charge in [-0.25, -0.2) is 0 Å². The predicted octanol–water partition coefficient (Wildman–Crippen LogP) is 1.60. The molecule has 0 aromatic heterocycles. The maximum absolute atomic E-state index is 3.38. The fourth-order valence-corrected chi connectivity index (χ4v) is 3.28. The number of hydrogen-bond donors (Lipinski definition) is 1. The molecule has 0 bridgehead atoms. The lowest BCUT2D eigenvalue weighted by atomic mass is 10.0. The van der Waals surface area contributed by atoms with Crippen molar-refractivity contribution in [1.29, 1.82) is 0 Å². The van der Waals surface area contributed by atoms with Crippen molar-refractivity contribution in [2.45, 2.75) is 31.8 Å². The molecule has 1 unspecified atom stereocenters. The van der Waals surface area contributed by atoms with Gasteiger partial charge in [-0.15, -0.1) is 0 Å². The van der Waals surface area contributed by atoms with Crippen LogP contribution >= 0.6 is 0 Å². The molecule has 2 aliphatic heterocycles. The molecule has 1 N–H and O–H groups in total. The van der Waals surface area contributed by atoms with E-state index in [0.29, 0.717) is 6.04 Å². The fourth-order valence-electron chi connectivity index (χ4n) is 3.28. The molecule has 2 heterocycles. The summed E-state index contributed by atoms with van der Waals surface area (Å²) in [6, 6.07) is 12.4. The molecular weight excluding hydrogens is 246 g/mol. The molecule has 3 heteroatoms. The monoisotopic (exact) mass is 273 g/mol. The van der Waals surface area contributed by atoms with Crippen LogP contribution < -0.4 is 5.32 Å². The van der Waals surface area contributed by atoms with Crippen LogP contribution in [0.2, 0.25) is 0 Å². The standard InChI is InChI=1S/C17H27N3/c1-15(7-8-16-5-3-2-4-6-16)19-9-11-20(12-10-19)17-13-18-14-17/h2-6,15,17-18H,7-14H2,1H3. The highest BCUT2D eigenvalue weighted by atomic mass is 15.3. The Kier molecular flexibility index (Phi) is 4.71. The molecule has 0 aliphatic carbocycles. The van der Waals surface area contributed by atoms with Crippen LogP contribution in [0, 0.1) is 0 Å². The lowest BCUT2D eigenvalue weighted by molar-refractivity contribution is 0.0537. The number of benzene rings is 1. The van der Waals surface area contributed by atoms with E-state index in [1.165, 1.54) is 57.7 Å². The first kappa shape index (κ1) is 14.1. The first-order chi connectivity index (χ1) is 9.83. The first-order valence-corrected chi connectivity index (χ1v) is 8.05. The van der Waals surface area contributed by atoms with Crippen molar-refractivity contribution in [2.75, 3.05) is 39.3 Å². The van der Waals surface area contributed by atoms with Gasteiger partial charge in [0.15, 0.2) is 0 Å². The summed E-state index contributed by atoms with van der Waals surface area (Å²) in [6.07, 6.45) is 2.48. The van der Waals surface area contributed by atoms with Gasteiger partial charge in [0.1, 0.15) is 0 Å². The number of piperazine rings is 1. The van der Waals surface area contributed by atoms with Crippen molar-refractivity contribution < 1.29 is 0 Å². The van der Waals surface area contributed by atoms with Crippen LogP contribution in [0.4, 0.5) is 0 Å². The molecule has 1 atom stereocenters. The van der Waals surface area contributed by atoms with Gasteiger partial charge in [0.25, 0.3) is 0 Å². The topological polar surface area (TPSA) is 18.5 Å². The zero-order valence-corrected chi connectivity index (χ0v) is 12.6. The molecule has 3 nitrogen and oxygen atoms in total. The summed E-state index contributed by atoms with van der Waals surface area (Å²) in [5.41, 5.74) is 1.47. The number of nitrogens with one attached hydrogen (secondary N) is 1. The minimum absolute atomic E-state index is 0.705. The second kappa shape index (κ2) is 6.70. The Labute approximate surface area is 123 Å². The lowest BCUT2D eigenvalue weighted by Crippen LogP contribution is -2.62. The molecule has 0 saturated carbocycles. The molecule has 1 aromatic rings. The minimum Gasteiger partial charge on any atom is -0.314 e. The second-order valence-corrected chi connectivity index (χ2v) is 6.26. The van der Waals surface area contributed by atoms with Crippen LogP contribution in [-0.4, -0.2) is 61.2 Å². The van der Waals surface area contributed by atoms with Gasteiger partial charge >= 0.3 is 0 Å². The van der Waals surface area contributed by atoms with Gasteiger partial charge in [0.05, 0.1) is 0 Å². The van der Waals surface area contributed by atoms with Crippen molar-refractivity contribution in [1.82, 2.24) is 15.1 Å². The minimum atomic E-state index is 0.705. The molecule has 20 heavy (non-hydrogen) atoms. The molecule has 0 spiro atoms. The fraction of sp³-hybridized carbons (Fsp3) is 0.647. The van der Waals surface area contributed by atoms with E-state index in [1.54, 1.807) is 0 Å². The van der Waals surface area contributed by atoms with Gasteiger partial charge in [-0.05, 0) is 25.3 Å². The van der Waals surface area contributed by atoms with Gasteiger partial charge in [0.2, 0.25) is 0 Å². The highest BCUT2D eigenvalue weighted by Gasteiger charge is 2.28. The van der Waals surface area contributed by atoms with Gasteiger partial charge < -0.3 is 5.32 Å². The van der Waals surface area contributed by atoms with E-state index >= 15 is 0 Å². The van der Waals surface area contributed by atoms with E-state index in [4.69, 9.17) is 0 Å². The number of nitrogens with zero attached hydrogens (tertiary/aromatic N) is 2. The van der Waals surface area contributed by atoms with Crippen molar-refractivity contribution in [3.05, 3.63) is 35.9 Å². The van der Waals surface area contributed by atoms with Crippen LogP contribution in [0.1, 0.15) is 18.9 Å². The number of aryl methyl sites for hydroxylation is 1. The van der Waals surface area contributed by atoms with E-state index in [2.05, 4.69) is 52.4 Å². The first-order valence-electron chi connectivity index (χ1n) is 8.05. The van der Waals surface area contributed by atoms with Gasteiger partial charge in [-0.2, -0.15) is 0 Å². The van der Waals surface area contributed by atoms with E-state index in [0.717, 1.165) is 6.04 Å². The summed E-state index contributed by atoms with van der Waals surface area (Å²) >= 11 is 0. The van der Waals surface area contributed by atoms with Crippen LogP contribution in [0.3, 0.4) is 0 Å². The zero-order valence-electron chi connectivity index (χ0n) is 12.6. The quantitative estimate of drug-likeness (QED) is 0.879. The third-order valence-corrected chi connectivity index (χ3v) is 4.94. The highest BCUT2D eigenvalue weighted by molar-refractivity contribution is 5.14. The number of rotatable bonds is 5. The van der Waals surface area contributed by atoms with E-state index < -0.39 is 0 Å². The average Bonchev–Trinajstić information content (AvgIpc) is 2.45. The van der Waals surface area contributed by atoms with Crippen LogP contribution in [0.15, 0.2) is 30.3 Å². The van der Waals surface area contributed by atoms with Gasteiger partial charge in [-0.3, -0.25) is 9.80 Å². The summed E-state index contributed by atoms with van der Waals surface area (Å²) in [5.74, 6) is 0. The largest absolute Gasteiger partial charge is 0.314 e. The summed E-state index contributed by atoms with van der Waals surface area (Å²) in [7, 11) is 0. The Bertz CT molecular complexity index is 394. The average molecular weight is 273 g/mol. The Morgan fingerprint density at radius 1 is 1.10 bits per heavy atom. The summed E-state index contributed by atoms with van der Waals surface area (Å²) in [6.45, 7) is 9.78. The molecule has 0 amide bonds. The van der Waals surface area contributed by atoms with Crippen LogP contribution in [0.5, 0.6) is 0 Å². The molecule has 2 fully saturated rings. The molecule has 2 saturated heterocycles. The van der Waals surface area contributed by atoms with E-state index in [1.807, 2.05) is 0 Å². The Morgan fingerprint density at radius 3 is 2.40 bits per heavy atom. The molecular formula is C17H27N3. The van der Waals surface area contributed by atoms with E-state index in [-0.39, 0.29) is 0 Å². The molecule has 1 aromatic carbocycles. The Morgan fingerprint density at radius 2 is 1.80 bits per heavy atom. The smallest absolute Gasteiger partial charge is 0.0346 e. The summed E-state index contributed by atoms with van der Waals surface area (Å²) in [4.78, 5) is 5.34. The second-order valence-electron chi connectivity index (χ2n) is 6.26. The normalized spacial score (nSPS) is 23.4. The number of hydrogen-bond acceptors (Lipinski definition) is 3. The SMILES string of the molecule is CC(CCc1ccccc1)N1CCN(C2CNC2)CC1. The van der Waals surface area contributed by atoms with Crippen molar-refractivity contribution in [2.24, 2.45) is 0 Å². The van der Waals surface area contributed by atoms with Crippen molar-refractivity contribution in [3.8, 4) is 0 Å². The molecule has 3 rings (SSSR count). The molecule has 2 aliphatic rings. The lowest BCUT2D eigenvalue weighted by Gasteiger charge is -2.44. The molecule has 0 radical (unpaired) electrons. The van der Waals surface area contributed by atoms with Gasteiger partial charge in [-0.1, -0.05) is 30.3 Å². The highest BCUT2D eigenvalue weighted by Crippen LogP contribution is 2.15. The Balaban J connectivity index is 1.41. The molecule has 110 valence electrons.